The van der Waals surface area contributed by atoms with Crippen molar-refractivity contribution < 1.29 is 9.21 Å². The molecule has 0 unspecified atom stereocenters. The zero-order valence-corrected chi connectivity index (χ0v) is 12.4. The summed E-state index contributed by atoms with van der Waals surface area (Å²) in [6, 6.07) is 5.37. The third-order valence-corrected chi connectivity index (χ3v) is 4.39. The molecule has 112 valence electrons. The van der Waals surface area contributed by atoms with E-state index >= 15 is 0 Å². The Morgan fingerprint density at radius 1 is 1.33 bits per heavy atom. The van der Waals surface area contributed by atoms with Crippen LogP contribution >= 0.6 is 0 Å². The summed E-state index contributed by atoms with van der Waals surface area (Å²) >= 11 is 0. The monoisotopic (exact) mass is 287 g/mol. The molecule has 1 aromatic carbocycles. The average Bonchev–Trinajstić information content (AvgIpc) is 3.07. The molecule has 0 amide bonds. The third kappa shape index (κ3) is 2.80. The van der Waals surface area contributed by atoms with Crippen LogP contribution in [0.2, 0.25) is 0 Å². The minimum Gasteiger partial charge on any atom is -0.408 e. The molecule has 21 heavy (non-hydrogen) atoms. The van der Waals surface area contributed by atoms with Gasteiger partial charge in [0, 0.05) is 18.5 Å². The van der Waals surface area contributed by atoms with Gasteiger partial charge in [-0.05, 0) is 30.5 Å². The van der Waals surface area contributed by atoms with Crippen LogP contribution in [0.15, 0.2) is 27.4 Å². The number of carbonyl (C=O) groups is 1. The van der Waals surface area contributed by atoms with Crippen molar-refractivity contribution in [3.05, 3.63) is 34.3 Å². The highest BCUT2D eigenvalue weighted by Crippen LogP contribution is 2.29. The van der Waals surface area contributed by atoms with Crippen LogP contribution in [0.3, 0.4) is 0 Å². The molecule has 3 rings (SSSR count). The molecule has 1 aliphatic rings. The first-order chi connectivity index (χ1) is 10.2. The van der Waals surface area contributed by atoms with Gasteiger partial charge in [-0.1, -0.05) is 32.6 Å². The number of oxazole rings is 1. The van der Waals surface area contributed by atoms with Gasteiger partial charge >= 0.3 is 5.76 Å². The quantitative estimate of drug-likeness (QED) is 0.787. The van der Waals surface area contributed by atoms with Crippen LogP contribution in [0.4, 0.5) is 0 Å². The number of rotatable bonds is 5. The number of fused-ring (bicyclic) bond motifs is 1. The fraction of sp³-hybridized carbons (Fsp3) is 0.529. The number of ketones is 1. The molecule has 0 N–H and O–H groups in total. The first-order valence-electron chi connectivity index (χ1n) is 7.85. The van der Waals surface area contributed by atoms with E-state index in [1.165, 1.54) is 12.8 Å². The lowest BCUT2D eigenvalue weighted by Gasteiger charge is -2.07. The number of nitrogens with zero attached hydrogens (tertiary/aromatic N) is 1. The van der Waals surface area contributed by atoms with Crippen LogP contribution < -0.4 is 5.76 Å². The Bertz CT molecular complexity index is 704. The predicted molar refractivity (Wildman–Crippen MR) is 81.7 cm³/mol. The lowest BCUT2D eigenvalue weighted by Crippen LogP contribution is -2.13. The molecular weight excluding hydrogens is 266 g/mol. The number of aryl methyl sites for hydroxylation is 1. The summed E-state index contributed by atoms with van der Waals surface area (Å²) < 4.78 is 6.89. The zero-order chi connectivity index (χ0) is 14.8. The fourth-order valence-corrected chi connectivity index (χ4v) is 3.27. The summed E-state index contributed by atoms with van der Waals surface area (Å²) in [5, 5.41) is 0. The first kappa shape index (κ1) is 14.1. The highest BCUT2D eigenvalue weighted by molar-refractivity contribution is 5.98. The van der Waals surface area contributed by atoms with Crippen molar-refractivity contribution in [2.45, 2.75) is 52.0 Å². The topological polar surface area (TPSA) is 52.2 Å². The van der Waals surface area contributed by atoms with Crippen LogP contribution in [0.5, 0.6) is 0 Å². The average molecular weight is 287 g/mol. The van der Waals surface area contributed by atoms with Crippen molar-refractivity contribution in [1.82, 2.24) is 4.57 Å². The number of hydrogen-bond acceptors (Lipinski definition) is 3. The highest BCUT2D eigenvalue weighted by Gasteiger charge is 2.20. The molecule has 0 saturated heterocycles. The smallest absolute Gasteiger partial charge is 0.408 e. The molecule has 0 atom stereocenters. The molecule has 2 aromatic rings. The van der Waals surface area contributed by atoms with Gasteiger partial charge in [0.25, 0.3) is 0 Å². The fourth-order valence-electron chi connectivity index (χ4n) is 3.27. The minimum atomic E-state index is -0.341. The Morgan fingerprint density at radius 3 is 2.81 bits per heavy atom. The maximum Gasteiger partial charge on any atom is 0.419 e. The van der Waals surface area contributed by atoms with Gasteiger partial charge in [0.1, 0.15) is 0 Å². The van der Waals surface area contributed by atoms with Crippen LogP contribution in [-0.4, -0.2) is 10.4 Å². The Labute approximate surface area is 123 Å². The lowest BCUT2D eigenvalue weighted by molar-refractivity contribution is 0.0962. The Hall–Kier alpha value is -1.84. The first-order valence-corrected chi connectivity index (χ1v) is 7.85. The third-order valence-electron chi connectivity index (χ3n) is 4.39. The molecule has 1 fully saturated rings. The van der Waals surface area contributed by atoms with Gasteiger partial charge in [0.15, 0.2) is 11.4 Å². The van der Waals surface area contributed by atoms with E-state index in [4.69, 9.17) is 4.42 Å². The van der Waals surface area contributed by atoms with Crippen LogP contribution in [0.1, 0.15) is 55.8 Å². The maximum atomic E-state index is 12.3. The molecular formula is C17H21NO3. The molecule has 0 aliphatic heterocycles. The van der Waals surface area contributed by atoms with E-state index in [-0.39, 0.29) is 11.5 Å². The number of carbonyl (C=O) groups excluding carboxylic acids is 1. The molecule has 0 bridgehead atoms. The van der Waals surface area contributed by atoms with Gasteiger partial charge in [-0.15, -0.1) is 0 Å². The second-order valence-electron chi connectivity index (χ2n) is 5.98. The Kier molecular flexibility index (Phi) is 3.95. The van der Waals surface area contributed by atoms with E-state index in [1.807, 2.05) is 19.1 Å². The van der Waals surface area contributed by atoms with Gasteiger partial charge in [-0.3, -0.25) is 9.36 Å². The summed E-state index contributed by atoms with van der Waals surface area (Å²) in [6.07, 6.45) is 6.30. The van der Waals surface area contributed by atoms with E-state index < -0.39 is 0 Å². The Morgan fingerprint density at radius 2 is 2.10 bits per heavy atom. The molecule has 4 nitrogen and oxygen atoms in total. The molecule has 1 aromatic heterocycles. The summed E-state index contributed by atoms with van der Waals surface area (Å²) in [5.74, 6) is 0.354. The largest absolute Gasteiger partial charge is 0.419 e. The van der Waals surface area contributed by atoms with E-state index in [9.17, 15) is 9.59 Å². The highest BCUT2D eigenvalue weighted by atomic mass is 16.4. The predicted octanol–water partition coefficient (Wildman–Crippen LogP) is 3.77. The molecule has 0 spiro atoms. The van der Waals surface area contributed by atoms with Crippen molar-refractivity contribution in [1.29, 1.82) is 0 Å². The molecule has 1 heterocycles. The van der Waals surface area contributed by atoms with E-state index in [0.29, 0.717) is 30.0 Å². The van der Waals surface area contributed by atoms with Gasteiger partial charge in [0.05, 0.1) is 5.52 Å². The van der Waals surface area contributed by atoms with Crippen molar-refractivity contribution in [3.8, 4) is 0 Å². The van der Waals surface area contributed by atoms with Gasteiger partial charge in [0.2, 0.25) is 0 Å². The second-order valence-corrected chi connectivity index (χ2v) is 5.98. The van der Waals surface area contributed by atoms with Crippen LogP contribution in [-0.2, 0) is 6.54 Å². The van der Waals surface area contributed by atoms with Gasteiger partial charge < -0.3 is 4.42 Å². The minimum absolute atomic E-state index is 0.162. The number of Topliss-reactive ketones (excluding diaryl/α,β-unsaturated/α-hetero) is 1. The van der Waals surface area contributed by atoms with E-state index in [2.05, 4.69) is 0 Å². The number of benzene rings is 1. The molecule has 0 radical (unpaired) electrons. The van der Waals surface area contributed by atoms with Crippen molar-refractivity contribution in [2.75, 3.05) is 0 Å². The normalized spacial score (nSPS) is 15.9. The standard InChI is InChI=1S/C17H21NO3/c1-2-9-18-14-8-7-13(11-16(14)21-17(18)20)15(19)10-12-5-3-4-6-12/h7-8,11-12H,2-6,9-10H2,1H3. The van der Waals surface area contributed by atoms with Crippen LogP contribution in [0, 0.1) is 5.92 Å². The zero-order valence-electron chi connectivity index (χ0n) is 12.4. The molecule has 4 heteroatoms. The summed E-state index contributed by atoms with van der Waals surface area (Å²) in [6.45, 7) is 2.66. The van der Waals surface area contributed by atoms with Crippen molar-refractivity contribution >= 4 is 16.9 Å². The van der Waals surface area contributed by atoms with Crippen LogP contribution in [0.25, 0.3) is 11.1 Å². The summed E-state index contributed by atoms with van der Waals surface area (Å²) in [4.78, 5) is 24.1. The maximum absolute atomic E-state index is 12.3. The second kappa shape index (κ2) is 5.88. The van der Waals surface area contributed by atoms with E-state index in [0.717, 1.165) is 24.8 Å². The molecule has 1 saturated carbocycles. The van der Waals surface area contributed by atoms with E-state index in [1.54, 1.807) is 10.6 Å². The molecule has 1 aliphatic carbocycles. The summed E-state index contributed by atoms with van der Waals surface area (Å²) in [5.41, 5.74) is 1.96. The summed E-state index contributed by atoms with van der Waals surface area (Å²) in [7, 11) is 0. The van der Waals surface area contributed by atoms with Gasteiger partial charge in [-0.25, -0.2) is 4.79 Å². The Balaban J connectivity index is 1.87. The SMILES string of the molecule is CCCn1c(=O)oc2cc(C(=O)CC3CCCC3)ccc21. The number of hydrogen-bond donors (Lipinski definition) is 0. The van der Waals surface area contributed by atoms with Crippen molar-refractivity contribution in [3.63, 3.8) is 0 Å². The number of aromatic nitrogens is 1. The van der Waals surface area contributed by atoms with Gasteiger partial charge in [-0.2, -0.15) is 0 Å². The van der Waals surface area contributed by atoms with Crippen molar-refractivity contribution in [2.24, 2.45) is 5.92 Å². The lowest BCUT2D eigenvalue weighted by atomic mass is 9.97.